The molecule has 0 saturated heterocycles. The highest BCUT2D eigenvalue weighted by Gasteiger charge is 2.11. The van der Waals surface area contributed by atoms with Gasteiger partial charge in [0.25, 0.3) is 5.91 Å². The van der Waals surface area contributed by atoms with Gasteiger partial charge in [0.05, 0.1) is 27.0 Å². The molecule has 3 rings (SSSR count). The van der Waals surface area contributed by atoms with Crippen LogP contribution in [-0.2, 0) is 6.61 Å². The van der Waals surface area contributed by atoms with Crippen molar-refractivity contribution < 1.29 is 28.1 Å². The van der Waals surface area contributed by atoms with E-state index in [0.717, 1.165) is 0 Å². The molecule has 0 bridgehead atoms. The van der Waals surface area contributed by atoms with Crippen LogP contribution in [0.1, 0.15) is 28.4 Å². The van der Waals surface area contributed by atoms with Gasteiger partial charge in [-0.15, -0.1) is 0 Å². The average molecular weight is 452 g/mol. The van der Waals surface area contributed by atoms with E-state index in [1.165, 1.54) is 26.5 Å². The zero-order chi connectivity index (χ0) is 23.6. The molecule has 0 aliphatic carbocycles. The predicted octanol–water partition coefficient (Wildman–Crippen LogP) is 4.58. The quantitative estimate of drug-likeness (QED) is 0.360. The second-order valence-corrected chi connectivity index (χ2v) is 6.79. The van der Waals surface area contributed by atoms with Crippen LogP contribution >= 0.6 is 0 Å². The van der Waals surface area contributed by atoms with Gasteiger partial charge in [-0.2, -0.15) is 5.10 Å². The molecule has 0 atom stereocenters. The fourth-order valence-electron chi connectivity index (χ4n) is 2.97. The van der Waals surface area contributed by atoms with Gasteiger partial charge in [0, 0.05) is 11.1 Å². The molecule has 0 heterocycles. The van der Waals surface area contributed by atoms with Crippen LogP contribution in [0.25, 0.3) is 0 Å². The normalized spacial score (nSPS) is 10.7. The number of halogens is 1. The maximum atomic E-state index is 13.8. The fraction of sp³-hybridized carbons (Fsp3) is 0.200. The fourth-order valence-corrected chi connectivity index (χ4v) is 2.97. The number of carbonyl (C=O) groups is 1. The van der Waals surface area contributed by atoms with Gasteiger partial charge in [0.1, 0.15) is 12.4 Å². The SMILES string of the molecule is CCOc1cc(/C=N/NC(=O)c2ccc(OC)c(OC)c2)ccc1OCc1ccccc1F. The Bertz CT molecular complexity index is 1130. The van der Waals surface area contributed by atoms with E-state index in [1.807, 2.05) is 6.92 Å². The number of ether oxygens (including phenoxy) is 4. The number of benzene rings is 3. The Balaban J connectivity index is 1.67. The second-order valence-electron chi connectivity index (χ2n) is 6.79. The number of hydrogen-bond acceptors (Lipinski definition) is 6. The van der Waals surface area contributed by atoms with Gasteiger partial charge in [-0.3, -0.25) is 4.79 Å². The van der Waals surface area contributed by atoms with Gasteiger partial charge >= 0.3 is 0 Å². The van der Waals surface area contributed by atoms with Crippen LogP contribution in [0, 0.1) is 5.82 Å². The summed E-state index contributed by atoms with van der Waals surface area (Å²) in [5, 5.41) is 4.01. The minimum atomic E-state index is -0.401. The smallest absolute Gasteiger partial charge is 0.271 e. The molecular weight excluding hydrogens is 427 g/mol. The molecule has 1 N–H and O–H groups in total. The van der Waals surface area contributed by atoms with Crippen LogP contribution in [0.5, 0.6) is 23.0 Å². The number of carbonyl (C=O) groups excluding carboxylic acids is 1. The molecule has 8 heteroatoms. The first-order valence-corrected chi connectivity index (χ1v) is 10.2. The van der Waals surface area contributed by atoms with Crippen LogP contribution < -0.4 is 24.4 Å². The zero-order valence-electron chi connectivity index (χ0n) is 18.6. The summed E-state index contributed by atoms with van der Waals surface area (Å²) in [4.78, 5) is 12.4. The third kappa shape index (κ3) is 6.22. The summed E-state index contributed by atoms with van der Waals surface area (Å²) >= 11 is 0. The molecule has 1 amide bonds. The minimum absolute atomic E-state index is 0.0710. The van der Waals surface area contributed by atoms with Crippen molar-refractivity contribution in [3.63, 3.8) is 0 Å². The lowest BCUT2D eigenvalue weighted by Crippen LogP contribution is -2.17. The van der Waals surface area contributed by atoms with Gasteiger partial charge in [-0.05, 0) is 55.0 Å². The molecule has 33 heavy (non-hydrogen) atoms. The lowest BCUT2D eigenvalue weighted by Gasteiger charge is -2.13. The lowest BCUT2D eigenvalue weighted by molar-refractivity contribution is 0.0954. The largest absolute Gasteiger partial charge is 0.493 e. The van der Waals surface area contributed by atoms with Gasteiger partial charge < -0.3 is 18.9 Å². The highest BCUT2D eigenvalue weighted by Crippen LogP contribution is 2.29. The first kappa shape index (κ1) is 23.6. The number of nitrogens with one attached hydrogen (secondary N) is 1. The molecule has 0 radical (unpaired) electrons. The number of rotatable bonds is 10. The van der Waals surface area contributed by atoms with Gasteiger partial charge in [-0.1, -0.05) is 18.2 Å². The standard InChI is InChI=1S/C25H25FN2O5/c1-4-32-24-13-17(9-11-22(24)33-16-19-7-5-6-8-20(19)26)15-27-28-25(29)18-10-12-21(30-2)23(14-18)31-3/h5-15H,4,16H2,1-3H3,(H,28,29)/b27-15+. The van der Waals surface area contributed by atoms with E-state index < -0.39 is 5.91 Å². The van der Waals surface area contributed by atoms with Crippen LogP contribution in [-0.4, -0.2) is 32.9 Å². The van der Waals surface area contributed by atoms with Crippen molar-refractivity contribution in [2.45, 2.75) is 13.5 Å². The average Bonchev–Trinajstić information content (AvgIpc) is 2.84. The lowest BCUT2D eigenvalue weighted by atomic mass is 10.2. The van der Waals surface area contributed by atoms with Crippen LogP contribution in [0.3, 0.4) is 0 Å². The van der Waals surface area contributed by atoms with Gasteiger partial charge in [-0.25, -0.2) is 9.82 Å². The molecule has 0 saturated carbocycles. The molecule has 3 aromatic rings. The third-order valence-corrected chi connectivity index (χ3v) is 4.63. The van der Waals surface area contributed by atoms with Crippen molar-refractivity contribution in [1.82, 2.24) is 5.43 Å². The summed E-state index contributed by atoms with van der Waals surface area (Å²) < 4.78 is 35.6. The highest BCUT2D eigenvalue weighted by atomic mass is 19.1. The van der Waals surface area contributed by atoms with Gasteiger partial charge in [0.2, 0.25) is 0 Å². The summed E-state index contributed by atoms with van der Waals surface area (Å²) in [5.74, 6) is 1.21. The van der Waals surface area contributed by atoms with E-state index in [-0.39, 0.29) is 12.4 Å². The minimum Gasteiger partial charge on any atom is -0.493 e. The number of methoxy groups -OCH3 is 2. The monoisotopic (exact) mass is 452 g/mol. The first-order valence-electron chi connectivity index (χ1n) is 10.2. The van der Waals surface area contributed by atoms with Crippen molar-refractivity contribution in [2.75, 3.05) is 20.8 Å². The number of nitrogens with zero attached hydrogens (tertiary/aromatic N) is 1. The molecule has 7 nitrogen and oxygen atoms in total. The van der Waals surface area contributed by atoms with Crippen LogP contribution in [0.15, 0.2) is 65.8 Å². The van der Waals surface area contributed by atoms with E-state index in [4.69, 9.17) is 18.9 Å². The first-order chi connectivity index (χ1) is 16.0. The molecular formula is C25H25FN2O5. The topological polar surface area (TPSA) is 78.4 Å². The molecule has 0 aliphatic rings. The summed E-state index contributed by atoms with van der Waals surface area (Å²) in [6, 6.07) is 16.5. The summed E-state index contributed by atoms with van der Waals surface area (Å²) in [6.07, 6.45) is 1.49. The molecule has 3 aromatic carbocycles. The summed E-state index contributed by atoms with van der Waals surface area (Å²) in [6.45, 7) is 2.35. The van der Waals surface area contributed by atoms with E-state index in [1.54, 1.807) is 54.6 Å². The molecule has 0 aliphatic heterocycles. The number of hydrogen-bond donors (Lipinski definition) is 1. The predicted molar refractivity (Wildman–Crippen MR) is 123 cm³/mol. The van der Waals surface area contributed by atoms with Crippen molar-refractivity contribution in [1.29, 1.82) is 0 Å². The Morgan fingerprint density at radius 2 is 1.70 bits per heavy atom. The molecule has 0 spiro atoms. The van der Waals surface area contributed by atoms with E-state index in [2.05, 4.69) is 10.5 Å². The summed E-state index contributed by atoms with van der Waals surface area (Å²) in [5.41, 5.74) is 3.98. The molecule has 0 unspecified atom stereocenters. The van der Waals surface area contributed by atoms with Crippen molar-refractivity contribution >= 4 is 12.1 Å². The van der Waals surface area contributed by atoms with Crippen molar-refractivity contribution in [3.8, 4) is 23.0 Å². The Kier molecular flexibility index (Phi) is 8.24. The number of amides is 1. The molecule has 172 valence electrons. The van der Waals surface area contributed by atoms with Crippen molar-refractivity contribution in [3.05, 3.63) is 83.2 Å². The summed E-state index contributed by atoms with van der Waals surface area (Å²) in [7, 11) is 3.02. The number of hydrazone groups is 1. The van der Waals surface area contributed by atoms with E-state index >= 15 is 0 Å². The van der Waals surface area contributed by atoms with Crippen LogP contribution in [0.2, 0.25) is 0 Å². The van der Waals surface area contributed by atoms with Crippen LogP contribution in [0.4, 0.5) is 4.39 Å². The Morgan fingerprint density at radius 1 is 0.939 bits per heavy atom. The zero-order valence-corrected chi connectivity index (χ0v) is 18.6. The maximum absolute atomic E-state index is 13.8. The second kappa shape index (κ2) is 11.5. The van der Waals surface area contributed by atoms with E-state index in [0.29, 0.717) is 46.3 Å². The highest BCUT2D eigenvalue weighted by molar-refractivity contribution is 5.95. The molecule has 0 aromatic heterocycles. The third-order valence-electron chi connectivity index (χ3n) is 4.63. The van der Waals surface area contributed by atoms with Crippen molar-refractivity contribution in [2.24, 2.45) is 5.10 Å². The Hall–Kier alpha value is -4.07. The van der Waals surface area contributed by atoms with Gasteiger partial charge in [0.15, 0.2) is 23.0 Å². The van der Waals surface area contributed by atoms with E-state index in [9.17, 15) is 9.18 Å². The maximum Gasteiger partial charge on any atom is 0.271 e. The Labute approximate surface area is 191 Å². The molecule has 0 fully saturated rings. The Morgan fingerprint density at radius 3 is 2.42 bits per heavy atom.